The Morgan fingerprint density at radius 3 is 3.00 bits per heavy atom. The molecular weight excluding hydrogens is 310 g/mol. The molecule has 1 fully saturated rings. The third kappa shape index (κ3) is 3.37. The van der Waals surface area contributed by atoms with Crippen LogP contribution in [0.15, 0.2) is 29.4 Å². The van der Waals surface area contributed by atoms with Crippen molar-refractivity contribution in [2.24, 2.45) is 10.7 Å². The molecule has 0 spiro atoms. The molecule has 23 heavy (non-hydrogen) atoms. The van der Waals surface area contributed by atoms with Gasteiger partial charge in [0.15, 0.2) is 11.5 Å². The van der Waals surface area contributed by atoms with Crippen LogP contribution < -0.4 is 10.5 Å². The summed E-state index contributed by atoms with van der Waals surface area (Å²) in [4.78, 5) is 6.30. The molecule has 1 aromatic rings. The molecule has 3 N–H and O–H groups in total. The number of aliphatic imine (C=N–C) groups is 1. The van der Waals surface area contributed by atoms with Gasteiger partial charge < -0.3 is 15.2 Å². The Labute approximate surface area is 140 Å². The lowest BCUT2D eigenvalue weighted by atomic mass is 10.0. The van der Waals surface area contributed by atoms with Gasteiger partial charge in [-0.1, -0.05) is 16.4 Å². The first-order valence-electron chi connectivity index (χ1n) is 7.73. The maximum atomic E-state index is 12.6. The lowest BCUT2D eigenvalue weighted by Gasteiger charge is -2.33. The van der Waals surface area contributed by atoms with Gasteiger partial charge in [0.25, 0.3) is 0 Å². The largest absolute Gasteiger partial charge is 0.573 e. The van der Waals surface area contributed by atoms with Crippen LogP contribution in [0.5, 0.6) is 0 Å². The van der Waals surface area contributed by atoms with E-state index >= 15 is 0 Å². The Kier molecular flexibility index (Phi) is 4.91. The second-order valence-electron chi connectivity index (χ2n) is 6.01. The molecule has 2 aliphatic heterocycles. The Morgan fingerprint density at radius 2 is 2.35 bits per heavy atom. The van der Waals surface area contributed by atoms with E-state index in [1.54, 1.807) is 13.3 Å². The quantitative estimate of drug-likeness (QED) is 0.642. The summed E-state index contributed by atoms with van der Waals surface area (Å²) in [6.45, 7) is 2.73. The molecule has 0 radical (unpaired) electrons. The van der Waals surface area contributed by atoms with Crippen molar-refractivity contribution in [2.75, 3.05) is 31.9 Å². The fourth-order valence-corrected chi connectivity index (χ4v) is 4.33. The molecule has 2 atom stereocenters. The molecule has 0 aromatic heterocycles. The molecule has 2 heterocycles. The minimum absolute atomic E-state index is 0.341. The fourth-order valence-electron chi connectivity index (χ4n) is 3.13. The van der Waals surface area contributed by atoms with Crippen molar-refractivity contribution < 1.29 is 4.55 Å². The van der Waals surface area contributed by atoms with Crippen LogP contribution in [0.25, 0.3) is 5.57 Å². The highest BCUT2D eigenvalue weighted by atomic mass is 32.2. The number of nitrogens with one attached hydrogen (secondary N) is 1. The van der Waals surface area contributed by atoms with E-state index in [4.69, 9.17) is 5.73 Å². The lowest BCUT2D eigenvalue weighted by Crippen LogP contribution is -2.46. The maximum Gasteiger partial charge on any atom is 0.167 e. The molecule has 124 valence electrons. The number of nitrogens with zero attached hydrogens (tertiary/aromatic N) is 3. The summed E-state index contributed by atoms with van der Waals surface area (Å²) >= 11 is -1.20. The van der Waals surface area contributed by atoms with Crippen molar-refractivity contribution in [2.45, 2.75) is 19.0 Å². The Hall–Kier alpha value is -1.54. The summed E-state index contributed by atoms with van der Waals surface area (Å²) in [7, 11) is 3.82. The number of hydrogen-bond acceptors (Lipinski definition) is 6. The molecule has 6 nitrogen and oxygen atoms in total. The molecule has 7 heteroatoms. The van der Waals surface area contributed by atoms with E-state index in [-0.39, 0.29) is 0 Å². The Bertz CT molecular complexity index is 633. The van der Waals surface area contributed by atoms with Gasteiger partial charge in [0.1, 0.15) is 0 Å². The van der Waals surface area contributed by atoms with Crippen LogP contribution in [-0.4, -0.2) is 53.2 Å². The van der Waals surface area contributed by atoms with E-state index in [2.05, 4.69) is 32.0 Å². The lowest BCUT2D eigenvalue weighted by molar-refractivity contribution is 0.303. The van der Waals surface area contributed by atoms with Crippen molar-refractivity contribution in [1.29, 1.82) is 0 Å². The van der Waals surface area contributed by atoms with Crippen LogP contribution in [0, 0.1) is 0 Å². The fraction of sp³-hybridized carbons (Fsp3) is 0.438. The minimum Gasteiger partial charge on any atom is -0.573 e. The molecule has 0 bridgehead atoms. The average molecular weight is 333 g/mol. The average Bonchev–Trinajstić information content (AvgIpc) is 2.97. The van der Waals surface area contributed by atoms with E-state index < -0.39 is 11.5 Å². The zero-order valence-electron chi connectivity index (χ0n) is 13.5. The first kappa shape index (κ1) is 16.3. The molecular formula is C16H23N5OS. The van der Waals surface area contributed by atoms with Gasteiger partial charge in [0.2, 0.25) is 0 Å². The van der Waals surface area contributed by atoms with Crippen molar-refractivity contribution in [3.05, 3.63) is 35.5 Å². The van der Waals surface area contributed by atoms with E-state index in [1.165, 1.54) is 6.20 Å². The third-order valence-corrected chi connectivity index (χ3v) is 5.65. The van der Waals surface area contributed by atoms with Gasteiger partial charge in [-0.25, -0.2) is 0 Å². The van der Waals surface area contributed by atoms with Gasteiger partial charge in [-0.05, 0) is 37.2 Å². The number of allylic oxidation sites excluding steroid dienone is 1. The SMILES string of the molecule is CN=CC(=CN)c1ccc2c(c1)N[S+]([O-])N(C1CCN(C)C1)C2. The summed E-state index contributed by atoms with van der Waals surface area (Å²) in [5.74, 6) is 0. The van der Waals surface area contributed by atoms with Crippen molar-refractivity contribution in [1.82, 2.24) is 9.21 Å². The van der Waals surface area contributed by atoms with Crippen molar-refractivity contribution in [3.63, 3.8) is 0 Å². The van der Waals surface area contributed by atoms with Crippen LogP contribution in [0.1, 0.15) is 17.5 Å². The maximum absolute atomic E-state index is 12.6. The molecule has 0 aliphatic carbocycles. The van der Waals surface area contributed by atoms with Crippen molar-refractivity contribution in [3.8, 4) is 0 Å². The molecule has 1 aromatic carbocycles. The standard InChI is InChI=1S/C16H23N5OS/c1-18-9-14(8-17)12-3-4-13-10-21(15-5-6-20(2)11-15)23(22)19-16(13)7-12/h3-4,7-9,15,19H,5-6,10-11,17H2,1-2H3. The van der Waals surface area contributed by atoms with Gasteiger partial charge in [-0.3, -0.25) is 4.99 Å². The van der Waals surface area contributed by atoms with Crippen LogP contribution >= 0.6 is 0 Å². The van der Waals surface area contributed by atoms with E-state index in [1.807, 2.05) is 12.1 Å². The number of hydrogen-bond donors (Lipinski definition) is 2. The molecule has 0 amide bonds. The van der Waals surface area contributed by atoms with Crippen LogP contribution in [-0.2, 0) is 18.1 Å². The number of likely N-dealkylation sites (N-methyl/N-ethyl adjacent to an activating group) is 1. The smallest absolute Gasteiger partial charge is 0.167 e. The molecule has 3 rings (SSSR count). The monoisotopic (exact) mass is 333 g/mol. The van der Waals surface area contributed by atoms with Crippen LogP contribution in [0.4, 0.5) is 5.69 Å². The van der Waals surface area contributed by atoms with E-state index in [0.717, 1.165) is 41.9 Å². The molecule has 0 saturated carbocycles. The van der Waals surface area contributed by atoms with Gasteiger partial charge in [-0.15, -0.1) is 0 Å². The Morgan fingerprint density at radius 1 is 1.52 bits per heavy atom. The summed E-state index contributed by atoms with van der Waals surface area (Å²) in [5.41, 5.74) is 9.55. The predicted molar refractivity (Wildman–Crippen MR) is 96.2 cm³/mol. The molecule has 2 unspecified atom stereocenters. The normalized spacial score (nSPS) is 26.5. The minimum atomic E-state index is -1.20. The zero-order valence-corrected chi connectivity index (χ0v) is 14.3. The third-order valence-electron chi connectivity index (χ3n) is 4.40. The highest BCUT2D eigenvalue weighted by Gasteiger charge is 2.37. The summed E-state index contributed by atoms with van der Waals surface area (Å²) in [6.07, 6.45) is 4.32. The first-order valence-corrected chi connectivity index (χ1v) is 8.84. The Balaban J connectivity index is 1.82. The second-order valence-corrected chi connectivity index (χ2v) is 7.18. The second kappa shape index (κ2) is 6.92. The number of likely N-dealkylation sites (tertiary alicyclic amines) is 1. The zero-order chi connectivity index (χ0) is 16.4. The van der Waals surface area contributed by atoms with Crippen molar-refractivity contribution >= 4 is 29.0 Å². The van der Waals surface area contributed by atoms with Crippen LogP contribution in [0.2, 0.25) is 0 Å². The number of fused-ring (bicyclic) bond motifs is 1. The van der Waals surface area contributed by atoms with Gasteiger partial charge >= 0.3 is 0 Å². The number of rotatable bonds is 3. The van der Waals surface area contributed by atoms with Gasteiger partial charge in [-0.2, -0.15) is 4.72 Å². The summed E-state index contributed by atoms with van der Waals surface area (Å²) in [6, 6.07) is 6.44. The summed E-state index contributed by atoms with van der Waals surface area (Å²) < 4.78 is 17.8. The molecule has 1 saturated heterocycles. The van der Waals surface area contributed by atoms with Gasteiger partial charge in [0.05, 0.1) is 18.3 Å². The highest BCUT2D eigenvalue weighted by molar-refractivity contribution is 7.90. The summed E-state index contributed by atoms with van der Waals surface area (Å²) in [5, 5.41) is 0. The number of benzene rings is 1. The van der Waals surface area contributed by atoms with E-state index in [9.17, 15) is 4.55 Å². The van der Waals surface area contributed by atoms with E-state index in [0.29, 0.717) is 12.6 Å². The molecule has 2 aliphatic rings. The number of anilines is 1. The van der Waals surface area contributed by atoms with Crippen LogP contribution in [0.3, 0.4) is 0 Å². The topological polar surface area (TPSA) is 79.9 Å². The van der Waals surface area contributed by atoms with Gasteiger partial charge in [0, 0.05) is 31.6 Å². The number of nitrogens with two attached hydrogens (primary N) is 1. The first-order chi connectivity index (χ1) is 11.1. The highest BCUT2D eigenvalue weighted by Crippen LogP contribution is 2.32. The predicted octanol–water partition coefficient (Wildman–Crippen LogP) is 1.20.